The van der Waals surface area contributed by atoms with E-state index in [9.17, 15) is 4.39 Å². The Morgan fingerprint density at radius 2 is 2.29 bits per heavy atom. The molecule has 0 bridgehead atoms. The van der Waals surface area contributed by atoms with Crippen LogP contribution in [0.25, 0.3) is 0 Å². The monoisotopic (exact) mass is 206 g/mol. The maximum Gasteiger partial charge on any atom is 0.188 e. The summed E-state index contributed by atoms with van der Waals surface area (Å²) < 4.78 is 28.6. The van der Waals surface area contributed by atoms with Crippen molar-refractivity contribution >= 4 is 0 Å². The summed E-state index contributed by atoms with van der Waals surface area (Å²) in [5.41, 5.74) is 0. The number of hydrogen-bond acceptors (Lipinski definition) is 3. The Morgan fingerprint density at radius 3 is 2.86 bits per heavy atom. The van der Waals surface area contributed by atoms with Gasteiger partial charge in [-0.3, -0.25) is 0 Å². The molecule has 0 aliphatic carbocycles. The smallest absolute Gasteiger partial charge is 0.188 e. The summed E-state index contributed by atoms with van der Waals surface area (Å²) in [6, 6.07) is 0. The quantitative estimate of drug-likeness (QED) is 0.621. The van der Waals surface area contributed by atoms with Crippen LogP contribution in [0.3, 0.4) is 0 Å². The molecule has 0 aromatic carbocycles. The Bertz CT molecular complexity index is 154. The van der Waals surface area contributed by atoms with Crippen molar-refractivity contribution in [2.24, 2.45) is 0 Å². The van der Waals surface area contributed by atoms with E-state index in [0.717, 1.165) is 19.4 Å². The van der Waals surface area contributed by atoms with Gasteiger partial charge in [0.25, 0.3) is 0 Å². The van der Waals surface area contributed by atoms with Crippen LogP contribution in [-0.2, 0) is 14.2 Å². The fourth-order valence-corrected chi connectivity index (χ4v) is 1.46. The maximum absolute atomic E-state index is 13.1. The topological polar surface area (TPSA) is 27.7 Å². The predicted octanol–water partition coefficient (Wildman–Crippen LogP) is 1.90. The lowest BCUT2D eigenvalue weighted by molar-refractivity contribution is -0.145. The molecule has 3 nitrogen and oxygen atoms in total. The number of alkyl halides is 1. The molecule has 0 amide bonds. The number of halogens is 1. The van der Waals surface area contributed by atoms with Crippen LogP contribution in [0.5, 0.6) is 0 Å². The van der Waals surface area contributed by atoms with E-state index in [1.165, 1.54) is 7.11 Å². The fourth-order valence-electron chi connectivity index (χ4n) is 1.46. The van der Waals surface area contributed by atoms with Crippen LogP contribution in [0.15, 0.2) is 0 Å². The van der Waals surface area contributed by atoms with Gasteiger partial charge in [-0.1, -0.05) is 13.3 Å². The van der Waals surface area contributed by atoms with Crippen molar-refractivity contribution in [1.82, 2.24) is 0 Å². The summed E-state index contributed by atoms with van der Waals surface area (Å²) in [4.78, 5) is 0. The summed E-state index contributed by atoms with van der Waals surface area (Å²) in [6.45, 7) is 3.30. The average Bonchev–Trinajstić information content (AvgIpc) is 2.54. The maximum atomic E-state index is 13.1. The Labute approximate surface area is 84.5 Å². The van der Waals surface area contributed by atoms with Crippen molar-refractivity contribution in [2.45, 2.75) is 44.8 Å². The second-order valence-electron chi connectivity index (χ2n) is 3.54. The molecule has 0 spiro atoms. The van der Waals surface area contributed by atoms with Crippen molar-refractivity contribution in [2.75, 3.05) is 20.3 Å². The van der Waals surface area contributed by atoms with Crippen LogP contribution in [0.4, 0.5) is 4.39 Å². The van der Waals surface area contributed by atoms with Crippen LogP contribution in [0, 0.1) is 0 Å². The zero-order chi connectivity index (χ0) is 10.4. The zero-order valence-corrected chi connectivity index (χ0v) is 8.87. The van der Waals surface area contributed by atoms with Crippen molar-refractivity contribution in [3.05, 3.63) is 0 Å². The van der Waals surface area contributed by atoms with Crippen LogP contribution in [-0.4, -0.2) is 38.9 Å². The normalized spacial score (nSPS) is 32.4. The second kappa shape index (κ2) is 6.32. The molecule has 0 radical (unpaired) electrons. The van der Waals surface area contributed by atoms with Gasteiger partial charge < -0.3 is 14.2 Å². The number of ether oxygens (including phenoxy) is 3. The highest BCUT2D eigenvalue weighted by molar-refractivity contribution is 4.76. The highest BCUT2D eigenvalue weighted by Crippen LogP contribution is 2.23. The molecule has 14 heavy (non-hydrogen) atoms. The van der Waals surface area contributed by atoms with Crippen molar-refractivity contribution < 1.29 is 18.6 Å². The molecule has 4 heteroatoms. The standard InChI is InChI=1S/C10H19FO3/c1-3-4-5-13-7-8-6-9(11)10(12-2)14-8/h8-10H,3-7H2,1-2H3/t8-,9?,10+/m0/s1. The number of methoxy groups -OCH3 is 1. The molecule has 0 N–H and O–H groups in total. The van der Waals surface area contributed by atoms with Gasteiger partial charge in [0.1, 0.15) is 0 Å². The third-order valence-electron chi connectivity index (χ3n) is 2.29. The molecule has 0 aromatic heterocycles. The molecule has 1 heterocycles. The first-order valence-corrected chi connectivity index (χ1v) is 5.18. The Hall–Kier alpha value is -0.190. The Kier molecular flexibility index (Phi) is 5.37. The molecule has 0 saturated carbocycles. The van der Waals surface area contributed by atoms with Crippen LogP contribution >= 0.6 is 0 Å². The van der Waals surface area contributed by atoms with Gasteiger partial charge in [-0.25, -0.2) is 4.39 Å². The van der Waals surface area contributed by atoms with Crippen LogP contribution in [0.1, 0.15) is 26.2 Å². The van der Waals surface area contributed by atoms with Gasteiger partial charge in [-0.2, -0.15) is 0 Å². The highest BCUT2D eigenvalue weighted by atomic mass is 19.1. The van der Waals surface area contributed by atoms with Gasteiger partial charge >= 0.3 is 0 Å². The number of rotatable bonds is 6. The molecule has 1 aliphatic rings. The molecule has 1 aliphatic heterocycles. The minimum absolute atomic E-state index is 0.146. The highest BCUT2D eigenvalue weighted by Gasteiger charge is 2.35. The summed E-state index contributed by atoms with van der Waals surface area (Å²) in [5.74, 6) is 0. The first-order valence-electron chi connectivity index (χ1n) is 5.18. The van der Waals surface area contributed by atoms with E-state index in [4.69, 9.17) is 14.2 Å². The predicted molar refractivity (Wildman–Crippen MR) is 50.9 cm³/mol. The lowest BCUT2D eigenvalue weighted by Crippen LogP contribution is -2.20. The SMILES string of the molecule is CCCCOC[C@@H]1CC(F)[C@H](OC)O1. The van der Waals surface area contributed by atoms with Crippen molar-refractivity contribution in [1.29, 1.82) is 0 Å². The average molecular weight is 206 g/mol. The van der Waals surface area contributed by atoms with E-state index in [1.54, 1.807) is 0 Å². The first-order chi connectivity index (χ1) is 6.77. The molecular weight excluding hydrogens is 187 g/mol. The van der Waals surface area contributed by atoms with Crippen LogP contribution in [0.2, 0.25) is 0 Å². The van der Waals surface area contributed by atoms with Crippen molar-refractivity contribution in [3.8, 4) is 0 Å². The molecule has 1 fully saturated rings. The fraction of sp³-hybridized carbons (Fsp3) is 1.00. The second-order valence-corrected chi connectivity index (χ2v) is 3.54. The molecule has 3 atom stereocenters. The van der Waals surface area contributed by atoms with E-state index in [1.807, 2.05) is 0 Å². The zero-order valence-electron chi connectivity index (χ0n) is 8.87. The molecule has 1 unspecified atom stereocenters. The van der Waals surface area contributed by atoms with Gasteiger partial charge in [-0.15, -0.1) is 0 Å². The Balaban J connectivity index is 2.09. The summed E-state index contributed by atoms with van der Waals surface area (Å²) in [7, 11) is 1.46. The molecule has 0 aromatic rings. The lowest BCUT2D eigenvalue weighted by Gasteiger charge is -2.12. The van der Waals surface area contributed by atoms with E-state index in [2.05, 4.69) is 6.92 Å². The Morgan fingerprint density at radius 1 is 1.50 bits per heavy atom. The van der Waals surface area contributed by atoms with Crippen LogP contribution < -0.4 is 0 Å². The lowest BCUT2D eigenvalue weighted by atomic mass is 10.2. The molecule has 1 rings (SSSR count). The van der Waals surface area contributed by atoms with Gasteiger partial charge in [-0.05, 0) is 6.42 Å². The summed E-state index contributed by atoms with van der Waals surface area (Å²) >= 11 is 0. The molecule has 84 valence electrons. The third-order valence-corrected chi connectivity index (χ3v) is 2.29. The third kappa shape index (κ3) is 3.52. The van der Waals surface area contributed by atoms with Gasteiger partial charge in [0.05, 0.1) is 12.7 Å². The van der Waals surface area contributed by atoms with E-state index >= 15 is 0 Å². The molecular formula is C10H19FO3. The van der Waals surface area contributed by atoms with E-state index in [-0.39, 0.29) is 6.10 Å². The number of hydrogen-bond donors (Lipinski definition) is 0. The minimum atomic E-state index is -1.01. The van der Waals surface area contributed by atoms with Gasteiger partial charge in [0.15, 0.2) is 12.5 Å². The van der Waals surface area contributed by atoms with E-state index in [0.29, 0.717) is 13.0 Å². The first kappa shape index (κ1) is 11.9. The number of unbranched alkanes of at least 4 members (excludes halogenated alkanes) is 1. The summed E-state index contributed by atoms with van der Waals surface area (Å²) in [5, 5.41) is 0. The van der Waals surface area contributed by atoms with Gasteiger partial charge in [0, 0.05) is 20.1 Å². The van der Waals surface area contributed by atoms with Gasteiger partial charge in [0.2, 0.25) is 0 Å². The van der Waals surface area contributed by atoms with E-state index < -0.39 is 12.5 Å². The molecule has 1 saturated heterocycles. The summed E-state index contributed by atoms with van der Waals surface area (Å²) in [6.07, 6.45) is 0.670. The van der Waals surface area contributed by atoms with Crippen molar-refractivity contribution in [3.63, 3.8) is 0 Å². The minimum Gasteiger partial charge on any atom is -0.379 e. The largest absolute Gasteiger partial charge is 0.379 e.